The minimum absolute atomic E-state index is 0.0148. The van der Waals surface area contributed by atoms with Crippen molar-refractivity contribution in [1.82, 2.24) is 4.90 Å². The molecule has 2 atom stereocenters. The molecule has 0 bridgehead atoms. The van der Waals surface area contributed by atoms with Gasteiger partial charge in [0.05, 0.1) is 12.1 Å². The number of nitrogens with zero attached hydrogens (tertiary/aromatic N) is 1. The minimum atomic E-state index is -0.751. The van der Waals surface area contributed by atoms with Gasteiger partial charge in [-0.25, -0.2) is 4.79 Å². The summed E-state index contributed by atoms with van der Waals surface area (Å²) in [7, 11) is 0. The molecule has 164 valence electrons. The van der Waals surface area contributed by atoms with E-state index in [1.165, 1.54) is 16.0 Å². The Hall–Kier alpha value is -2.86. The molecule has 1 heterocycles. The van der Waals surface area contributed by atoms with Crippen molar-refractivity contribution in [2.75, 3.05) is 13.2 Å². The summed E-state index contributed by atoms with van der Waals surface area (Å²) in [4.78, 5) is 26.9. The van der Waals surface area contributed by atoms with Gasteiger partial charge in [0, 0.05) is 12.5 Å². The van der Waals surface area contributed by atoms with E-state index in [4.69, 9.17) is 15.2 Å². The molecule has 0 radical (unpaired) electrons. The molecule has 1 amide bonds. The first-order valence-electron chi connectivity index (χ1n) is 10.9. The quantitative estimate of drug-likeness (QED) is 0.747. The Kier molecular flexibility index (Phi) is 5.75. The van der Waals surface area contributed by atoms with Crippen molar-refractivity contribution >= 4 is 12.1 Å². The summed E-state index contributed by atoms with van der Waals surface area (Å²) in [5.74, 6) is -0.927. The van der Waals surface area contributed by atoms with Crippen LogP contribution in [0.4, 0.5) is 4.79 Å². The third-order valence-electron chi connectivity index (χ3n) is 5.97. The molecule has 6 heteroatoms. The van der Waals surface area contributed by atoms with Crippen LogP contribution in [0, 0.1) is 5.92 Å². The van der Waals surface area contributed by atoms with Crippen molar-refractivity contribution in [3.63, 3.8) is 0 Å². The molecule has 2 aliphatic rings. The molecular weight excluding hydrogens is 392 g/mol. The summed E-state index contributed by atoms with van der Waals surface area (Å²) < 4.78 is 11.2. The first kappa shape index (κ1) is 21.4. The van der Waals surface area contributed by atoms with Gasteiger partial charge in [-0.1, -0.05) is 48.5 Å². The molecule has 2 N–H and O–H groups in total. The number of likely N-dealkylation sites (tertiary alicyclic amines) is 1. The Bertz CT molecular complexity index is 936. The summed E-state index contributed by atoms with van der Waals surface area (Å²) in [6, 6.07) is 16.4. The maximum absolute atomic E-state index is 12.9. The molecular formula is C25H30N2O4. The van der Waals surface area contributed by atoms with E-state index in [2.05, 4.69) is 24.3 Å². The molecule has 1 saturated heterocycles. The number of amides is 1. The third kappa shape index (κ3) is 4.30. The van der Waals surface area contributed by atoms with Crippen LogP contribution in [-0.2, 0) is 14.3 Å². The Morgan fingerprint density at radius 1 is 1.03 bits per heavy atom. The molecule has 0 spiro atoms. The zero-order valence-corrected chi connectivity index (χ0v) is 18.3. The molecule has 2 unspecified atom stereocenters. The summed E-state index contributed by atoms with van der Waals surface area (Å²) >= 11 is 0. The molecule has 1 fully saturated rings. The number of hydrogen-bond donors (Lipinski definition) is 1. The van der Waals surface area contributed by atoms with Gasteiger partial charge in [-0.05, 0) is 55.9 Å². The minimum Gasteiger partial charge on any atom is -0.460 e. The second-order valence-electron chi connectivity index (χ2n) is 9.27. The Balaban J connectivity index is 1.45. The first-order valence-corrected chi connectivity index (χ1v) is 10.9. The van der Waals surface area contributed by atoms with E-state index < -0.39 is 23.8 Å². The van der Waals surface area contributed by atoms with Crippen molar-refractivity contribution in [3.8, 4) is 11.1 Å². The van der Waals surface area contributed by atoms with Gasteiger partial charge in [-0.15, -0.1) is 0 Å². The second kappa shape index (κ2) is 8.35. The highest BCUT2D eigenvalue weighted by Gasteiger charge is 2.39. The Labute approximate surface area is 183 Å². The zero-order chi connectivity index (χ0) is 22.2. The van der Waals surface area contributed by atoms with E-state index in [0.29, 0.717) is 19.4 Å². The predicted octanol–water partition coefficient (Wildman–Crippen LogP) is 4.27. The Morgan fingerprint density at radius 3 is 2.19 bits per heavy atom. The number of benzene rings is 2. The smallest absolute Gasteiger partial charge is 0.411 e. The molecule has 4 rings (SSSR count). The molecule has 2 aromatic carbocycles. The molecule has 31 heavy (non-hydrogen) atoms. The van der Waals surface area contributed by atoms with Crippen LogP contribution in [0.1, 0.15) is 50.7 Å². The fourth-order valence-electron chi connectivity index (χ4n) is 4.54. The lowest BCUT2D eigenvalue weighted by atomic mass is 9.94. The van der Waals surface area contributed by atoms with Gasteiger partial charge in [-0.3, -0.25) is 9.69 Å². The van der Waals surface area contributed by atoms with Crippen molar-refractivity contribution in [2.45, 2.75) is 51.3 Å². The van der Waals surface area contributed by atoms with Crippen LogP contribution < -0.4 is 5.73 Å². The fourth-order valence-corrected chi connectivity index (χ4v) is 4.54. The number of esters is 1. The number of hydrogen-bond acceptors (Lipinski definition) is 5. The lowest BCUT2D eigenvalue weighted by Gasteiger charge is -2.38. The molecule has 0 aromatic heterocycles. The summed E-state index contributed by atoms with van der Waals surface area (Å²) in [5.41, 5.74) is 10.4. The number of ether oxygens (including phenoxy) is 2. The van der Waals surface area contributed by atoms with Crippen LogP contribution in [0.25, 0.3) is 11.1 Å². The molecule has 6 nitrogen and oxygen atoms in total. The number of nitrogens with two attached hydrogens (primary N) is 1. The lowest BCUT2D eigenvalue weighted by Crippen LogP contribution is -2.56. The van der Waals surface area contributed by atoms with E-state index in [-0.39, 0.29) is 18.5 Å². The van der Waals surface area contributed by atoms with Crippen LogP contribution in [0.2, 0.25) is 0 Å². The summed E-state index contributed by atoms with van der Waals surface area (Å²) in [6.07, 6.45) is 0.0484. The van der Waals surface area contributed by atoms with Crippen molar-refractivity contribution in [3.05, 3.63) is 59.7 Å². The zero-order valence-electron chi connectivity index (χ0n) is 18.3. The third-order valence-corrected chi connectivity index (χ3v) is 5.97. The number of rotatable bonds is 3. The van der Waals surface area contributed by atoms with Crippen molar-refractivity contribution in [2.24, 2.45) is 11.7 Å². The topological polar surface area (TPSA) is 81.9 Å². The SMILES string of the molecule is CC(C)(C)OC(=O)C1CCCN(C(=O)OCC2c3ccccc3-c3ccccc32)C1N. The van der Waals surface area contributed by atoms with E-state index in [1.54, 1.807) is 0 Å². The predicted molar refractivity (Wildman–Crippen MR) is 118 cm³/mol. The monoisotopic (exact) mass is 422 g/mol. The molecule has 2 aromatic rings. The first-order chi connectivity index (χ1) is 14.8. The summed E-state index contributed by atoms with van der Waals surface area (Å²) in [5, 5.41) is 0. The van der Waals surface area contributed by atoms with E-state index in [9.17, 15) is 9.59 Å². The van der Waals surface area contributed by atoms with Gasteiger partial charge in [-0.2, -0.15) is 0 Å². The van der Waals surface area contributed by atoms with Gasteiger partial charge in [0.2, 0.25) is 0 Å². The largest absolute Gasteiger partial charge is 0.460 e. The maximum Gasteiger partial charge on any atom is 0.411 e. The highest BCUT2D eigenvalue weighted by atomic mass is 16.6. The molecule has 0 saturated carbocycles. The Morgan fingerprint density at radius 2 is 1.61 bits per heavy atom. The molecule has 1 aliphatic carbocycles. The van der Waals surface area contributed by atoms with E-state index in [1.807, 2.05) is 45.0 Å². The van der Waals surface area contributed by atoms with Crippen molar-refractivity contribution < 1.29 is 19.1 Å². The second-order valence-corrected chi connectivity index (χ2v) is 9.27. The van der Waals surface area contributed by atoms with Gasteiger partial charge in [0.1, 0.15) is 12.2 Å². The van der Waals surface area contributed by atoms with Crippen LogP contribution in [0.3, 0.4) is 0 Å². The van der Waals surface area contributed by atoms with E-state index >= 15 is 0 Å². The summed E-state index contributed by atoms with van der Waals surface area (Å²) in [6.45, 7) is 6.16. The van der Waals surface area contributed by atoms with Gasteiger partial charge >= 0.3 is 12.1 Å². The van der Waals surface area contributed by atoms with Crippen molar-refractivity contribution in [1.29, 1.82) is 0 Å². The van der Waals surface area contributed by atoms with Gasteiger partial charge < -0.3 is 15.2 Å². The van der Waals surface area contributed by atoms with Gasteiger partial charge in [0.25, 0.3) is 0 Å². The van der Waals surface area contributed by atoms with Crippen LogP contribution in [-0.4, -0.2) is 41.9 Å². The number of carbonyl (C=O) groups is 2. The highest BCUT2D eigenvalue weighted by Crippen LogP contribution is 2.44. The van der Waals surface area contributed by atoms with E-state index in [0.717, 1.165) is 11.1 Å². The number of carbonyl (C=O) groups excluding carboxylic acids is 2. The van der Waals surface area contributed by atoms with Gasteiger partial charge in [0.15, 0.2) is 0 Å². The van der Waals surface area contributed by atoms with Crippen LogP contribution in [0.5, 0.6) is 0 Å². The average Bonchev–Trinajstić information content (AvgIpc) is 3.05. The number of fused-ring (bicyclic) bond motifs is 3. The standard InChI is InChI=1S/C25H30N2O4/c1-25(2,3)31-23(28)20-13-8-14-27(22(20)26)24(29)30-15-21-18-11-6-4-9-16(18)17-10-5-7-12-19(17)21/h4-7,9-12,20-22H,8,13-15,26H2,1-3H3. The van der Waals surface area contributed by atoms with Crippen LogP contribution in [0.15, 0.2) is 48.5 Å². The average molecular weight is 423 g/mol. The maximum atomic E-state index is 12.9. The molecule has 1 aliphatic heterocycles. The highest BCUT2D eigenvalue weighted by molar-refractivity contribution is 5.79. The number of piperidine rings is 1. The van der Waals surface area contributed by atoms with Crippen LogP contribution >= 0.6 is 0 Å². The fraction of sp³-hybridized carbons (Fsp3) is 0.440. The lowest BCUT2D eigenvalue weighted by molar-refractivity contribution is -0.163. The normalized spacial score (nSPS) is 20.7.